The Bertz CT molecular complexity index is 269. The van der Waals surface area contributed by atoms with Gasteiger partial charge in [-0.05, 0) is 13.8 Å². The van der Waals surface area contributed by atoms with Gasteiger partial charge in [0.05, 0.1) is 6.54 Å². The summed E-state index contributed by atoms with van der Waals surface area (Å²) in [7, 11) is 0. The van der Waals surface area contributed by atoms with Crippen LogP contribution in [-0.4, -0.2) is 18.4 Å². The highest BCUT2D eigenvalue weighted by atomic mass is 15.4. The minimum atomic E-state index is 0.607. The molecular weight excluding hydrogens is 152 g/mol. The van der Waals surface area contributed by atoms with Gasteiger partial charge in [0.25, 0.3) is 0 Å². The molecule has 0 bridgehead atoms. The summed E-state index contributed by atoms with van der Waals surface area (Å²) in [6.07, 6.45) is 3.72. The molecule has 1 rings (SSSR count). The van der Waals surface area contributed by atoms with Crippen LogP contribution in [0.1, 0.15) is 13.8 Å². The molecule has 1 aliphatic rings. The first kappa shape index (κ1) is 8.56. The first-order valence-electron chi connectivity index (χ1n) is 3.80. The molecule has 64 valence electrons. The fourth-order valence-corrected chi connectivity index (χ4v) is 0.670. The van der Waals surface area contributed by atoms with Crippen molar-refractivity contribution in [1.29, 1.82) is 0 Å². The Morgan fingerprint density at radius 3 is 3.42 bits per heavy atom. The maximum Gasteiger partial charge on any atom is 0.217 e. The Hall–Kier alpha value is -1.54. The molecule has 0 aromatic rings. The summed E-state index contributed by atoms with van der Waals surface area (Å²) in [6.45, 7) is 4.53. The molecule has 12 heavy (non-hydrogen) atoms. The summed E-state index contributed by atoms with van der Waals surface area (Å²) in [5.41, 5.74) is 3.77. The van der Waals surface area contributed by atoms with Crippen molar-refractivity contribution in [3.8, 4) is 0 Å². The van der Waals surface area contributed by atoms with Crippen molar-refractivity contribution in [2.45, 2.75) is 13.8 Å². The van der Waals surface area contributed by atoms with Crippen LogP contribution >= 0.6 is 0 Å². The van der Waals surface area contributed by atoms with Gasteiger partial charge in [0.15, 0.2) is 0 Å². The number of nitrogens with one attached hydrogen (secondary N) is 2. The van der Waals surface area contributed by atoms with Gasteiger partial charge in [-0.15, -0.1) is 5.10 Å². The molecule has 0 unspecified atom stereocenters. The number of aliphatic imine (C=N–C) groups is 1. The Morgan fingerprint density at radius 2 is 2.67 bits per heavy atom. The highest BCUT2D eigenvalue weighted by Crippen LogP contribution is 1.86. The van der Waals surface area contributed by atoms with Gasteiger partial charge in [0.2, 0.25) is 5.96 Å². The molecule has 0 saturated heterocycles. The minimum absolute atomic E-state index is 0.607. The van der Waals surface area contributed by atoms with Crippen LogP contribution in [0.15, 0.2) is 27.9 Å². The fourth-order valence-electron chi connectivity index (χ4n) is 0.670. The maximum atomic E-state index is 4.15. The quantitative estimate of drug-likeness (QED) is 0.596. The van der Waals surface area contributed by atoms with E-state index in [0.717, 1.165) is 5.70 Å². The van der Waals surface area contributed by atoms with Gasteiger partial charge < -0.3 is 5.32 Å². The van der Waals surface area contributed by atoms with Gasteiger partial charge in [0.1, 0.15) is 0 Å². The summed E-state index contributed by atoms with van der Waals surface area (Å²) in [5, 5.41) is 6.82. The van der Waals surface area contributed by atoms with Gasteiger partial charge in [0, 0.05) is 17.6 Å². The molecule has 4 heteroatoms. The number of nitrogens with zero attached hydrogens (tertiary/aromatic N) is 2. The second-order valence-electron chi connectivity index (χ2n) is 2.34. The summed E-state index contributed by atoms with van der Waals surface area (Å²) in [6, 6.07) is 0. The Morgan fingerprint density at radius 1 is 1.83 bits per heavy atom. The van der Waals surface area contributed by atoms with Crippen molar-refractivity contribution >= 4 is 11.8 Å². The molecule has 0 amide bonds. The van der Waals surface area contributed by atoms with E-state index in [2.05, 4.69) is 26.7 Å². The standard InChI is InChI=1S/C8H12N4/c1-3-7(2)11-8-9-5-4-6-10-12-8/h3-4H,5H2,1-2H3,(H2,9,11,12). The van der Waals surface area contributed by atoms with Crippen LogP contribution in [-0.2, 0) is 0 Å². The highest BCUT2D eigenvalue weighted by molar-refractivity contribution is 5.82. The third kappa shape index (κ3) is 2.60. The molecule has 1 heterocycles. The number of rotatable bonds is 1. The lowest BCUT2D eigenvalue weighted by Gasteiger charge is -2.06. The Labute approximate surface area is 71.8 Å². The molecule has 0 radical (unpaired) electrons. The SMILES string of the molecule is CC=C(C)NC1=NCC=C=NN1. The van der Waals surface area contributed by atoms with Gasteiger partial charge in [-0.2, -0.15) is 0 Å². The number of allylic oxidation sites excluding steroid dienone is 2. The lowest BCUT2D eigenvalue weighted by molar-refractivity contribution is 0.935. The summed E-state index contributed by atoms with van der Waals surface area (Å²) in [4.78, 5) is 4.15. The van der Waals surface area contributed by atoms with E-state index >= 15 is 0 Å². The Kier molecular flexibility index (Phi) is 3.11. The van der Waals surface area contributed by atoms with Gasteiger partial charge in [-0.25, -0.2) is 10.4 Å². The fraction of sp³-hybridized carbons (Fsp3) is 0.375. The van der Waals surface area contributed by atoms with E-state index in [4.69, 9.17) is 0 Å². The zero-order valence-electron chi connectivity index (χ0n) is 7.26. The molecule has 0 spiro atoms. The molecular formula is C8H12N4. The van der Waals surface area contributed by atoms with E-state index in [-0.39, 0.29) is 0 Å². The monoisotopic (exact) mass is 164 g/mol. The first-order chi connectivity index (χ1) is 5.83. The summed E-state index contributed by atoms with van der Waals surface area (Å²) >= 11 is 0. The topological polar surface area (TPSA) is 48.8 Å². The Balaban J connectivity index is 2.54. The van der Waals surface area contributed by atoms with Gasteiger partial charge >= 0.3 is 0 Å². The predicted molar refractivity (Wildman–Crippen MR) is 50.0 cm³/mol. The zero-order valence-corrected chi connectivity index (χ0v) is 7.26. The van der Waals surface area contributed by atoms with E-state index in [1.54, 1.807) is 6.08 Å². The summed E-state index contributed by atoms with van der Waals surface area (Å²) in [5.74, 6) is 3.34. The molecule has 4 nitrogen and oxygen atoms in total. The maximum absolute atomic E-state index is 4.15. The summed E-state index contributed by atoms with van der Waals surface area (Å²) < 4.78 is 0. The van der Waals surface area contributed by atoms with Crippen LogP contribution in [0.3, 0.4) is 0 Å². The van der Waals surface area contributed by atoms with Crippen LogP contribution in [0.25, 0.3) is 0 Å². The number of hydrazone groups is 1. The normalized spacial score (nSPS) is 16.5. The second-order valence-corrected chi connectivity index (χ2v) is 2.34. The van der Waals surface area contributed by atoms with Crippen molar-refractivity contribution in [3.05, 3.63) is 17.8 Å². The van der Waals surface area contributed by atoms with Crippen molar-refractivity contribution in [2.75, 3.05) is 6.54 Å². The molecule has 0 saturated carbocycles. The lowest BCUT2D eigenvalue weighted by Crippen LogP contribution is -2.32. The molecule has 0 aromatic carbocycles. The molecule has 0 fully saturated rings. The lowest BCUT2D eigenvalue weighted by atomic mass is 10.4. The molecule has 0 aromatic heterocycles. The molecule has 0 aliphatic carbocycles. The van der Waals surface area contributed by atoms with Crippen molar-refractivity contribution < 1.29 is 0 Å². The minimum Gasteiger partial charge on any atom is -0.329 e. The van der Waals surface area contributed by atoms with E-state index in [1.807, 2.05) is 19.9 Å². The highest BCUT2D eigenvalue weighted by Gasteiger charge is 1.96. The van der Waals surface area contributed by atoms with Gasteiger partial charge in [-0.1, -0.05) is 6.08 Å². The smallest absolute Gasteiger partial charge is 0.217 e. The molecule has 0 atom stereocenters. The third-order valence-corrected chi connectivity index (χ3v) is 1.41. The van der Waals surface area contributed by atoms with Crippen LogP contribution in [0, 0.1) is 0 Å². The average molecular weight is 164 g/mol. The number of hydrogen-bond acceptors (Lipinski definition) is 4. The van der Waals surface area contributed by atoms with Crippen molar-refractivity contribution in [2.24, 2.45) is 10.1 Å². The predicted octanol–water partition coefficient (Wildman–Crippen LogP) is 0.600. The van der Waals surface area contributed by atoms with E-state index < -0.39 is 0 Å². The van der Waals surface area contributed by atoms with Crippen LogP contribution in [0.2, 0.25) is 0 Å². The molecule has 1 aliphatic heterocycles. The van der Waals surface area contributed by atoms with Crippen LogP contribution in [0.4, 0.5) is 0 Å². The molecule has 2 N–H and O–H groups in total. The number of hydrogen-bond donors (Lipinski definition) is 2. The second kappa shape index (κ2) is 4.36. The first-order valence-corrected chi connectivity index (χ1v) is 3.80. The average Bonchev–Trinajstić information content (AvgIpc) is 2.33. The van der Waals surface area contributed by atoms with Crippen molar-refractivity contribution in [3.63, 3.8) is 0 Å². The largest absolute Gasteiger partial charge is 0.329 e. The zero-order chi connectivity index (χ0) is 8.81. The third-order valence-electron chi connectivity index (χ3n) is 1.41. The number of guanidine groups is 1. The van der Waals surface area contributed by atoms with Crippen LogP contribution < -0.4 is 10.7 Å². The van der Waals surface area contributed by atoms with Crippen molar-refractivity contribution in [1.82, 2.24) is 10.7 Å². The van der Waals surface area contributed by atoms with E-state index in [1.165, 1.54) is 0 Å². The van der Waals surface area contributed by atoms with E-state index in [0.29, 0.717) is 12.5 Å². The van der Waals surface area contributed by atoms with Crippen LogP contribution in [0.5, 0.6) is 0 Å². The van der Waals surface area contributed by atoms with E-state index in [9.17, 15) is 0 Å². The van der Waals surface area contributed by atoms with Gasteiger partial charge in [-0.3, -0.25) is 0 Å².